The van der Waals surface area contributed by atoms with Gasteiger partial charge in [0.2, 0.25) is 0 Å². The molecule has 0 saturated heterocycles. The number of benzene rings is 1. The van der Waals surface area contributed by atoms with Gasteiger partial charge in [-0.3, -0.25) is 4.90 Å². The number of nitrogens with two attached hydrogens (primary N) is 1. The minimum Gasteiger partial charge on any atom is -0.329 e. The van der Waals surface area contributed by atoms with Crippen molar-refractivity contribution < 1.29 is 0 Å². The van der Waals surface area contributed by atoms with Gasteiger partial charge in [-0.25, -0.2) is 4.98 Å². The molecule has 0 aliphatic carbocycles. The molecule has 0 bridgehead atoms. The fraction of sp³-hybridized carbons (Fsp3) is 0.357. The summed E-state index contributed by atoms with van der Waals surface area (Å²) >= 11 is 14.1. The SMILES string of the molecule is NCC1c2ccc(Cl)c(Cl)c2CN1CCc1nccs1. The molecule has 1 aliphatic heterocycles. The molecule has 0 fully saturated rings. The summed E-state index contributed by atoms with van der Waals surface area (Å²) in [7, 11) is 0. The number of hydrogen-bond acceptors (Lipinski definition) is 4. The summed E-state index contributed by atoms with van der Waals surface area (Å²) in [5.74, 6) is 0. The number of fused-ring (bicyclic) bond motifs is 1. The Labute approximate surface area is 132 Å². The number of thiazole rings is 1. The van der Waals surface area contributed by atoms with E-state index >= 15 is 0 Å². The predicted octanol–water partition coefficient (Wildman–Crippen LogP) is 3.51. The monoisotopic (exact) mass is 327 g/mol. The third-order valence-electron chi connectivity index (χ3n) is 3.71. The Hall–Kier alpha value is -0.650. The van der Waals surface area contributed by atoms with Gasteiger partial charge in [-0.15, -0.1) is 11.3 Å². The average Bonchev–Trinajstić information content (AvgIpc) is 3.07. The molecule has 0 radical (unpaired) electrons. The van der Waals surface area contributed by atoms with Crippen LogP contribution in [0.2, 0.25) is 10.0 Å². The molecule has 6 heteroatoms. The summed E-state index contributed by atoms with van der Waals surface area (Å²) in [5, 5.41) is 4.44. The molecule has 2 aromatic rings. The molecule has 20 heavy (non-hydrogen) atoms. The molecular formula is C14H15Cl2N3S. The molecule has 0 saturated carbocycles. The van der Waals surface area contributed by atoms with Crippen molar-refractivity contribution in [2.75, 3.05) is 13.1 Å². The first-order chi connectivity index (χ1) is 9.70. The Bertz CT molecular complexity index is 601. The van der Waals surface area contributed by atoms with Gasteiger partial charge in [0.05, 0.1) is 15.1 Å². The largest absolute Gasteiger partial charge is 0.329 e. The van der Waals surface area contributed by atoms with E-state index in [1.54, 1.807) is 11.3 Å². The molecule has 2 N–H and O–H groups in total. The highest BCUT2D eigenvalue weighted by atomic mass is 35.5. The lowest BCUT2D eigenvalue weighted by molar-refractivity contribution is 0.223. The fourth-order valence-corrected chi connectivity index (χ4v) is 3.74. The number of aromatic nitrogens is 1. The van der Waals surface area contributed by atoms with Crippen molar-refractivity contribution in [3.8, 4) is 0 Å². The maximum absolute atomic E-state index is 6.32. The Morgan fingerprint density at radius 2 is 2.25 bits per heavy atom. The normalized spacial score (nSPS) is 18.4. The van der Waals surface area contributed by atoms with E-state index in [-0.39, 0.29) is 6.04 Å². The highest BCUT2D eigenvalue weighted by molar-refractivity contribution is 7.09. The zero-order chi connectivity index (χ0) is 14.1. The Balaban J connectivity index is 1.79. The summed E-state index contributed by atoms with van der Waals surface area (Å²) in [5.41, 5.74) is 8.27. The van der Waals surface area contributed by atoms with E-state index in [4.69, 9.17) is 28.9 Å². The molecule has 0 amide bonds. The van der Waals surface area contributed by atoms with Gasteiger partial charge in [0.1, 0.15) is 0 Å². The van der Waals surface area contributed by atoms with Gasteiger partial charge in [-0.2, -0.15) is 0 Å². The maximum Gasteiger partial charge on any atom is 0.0937 e. The summed E-state index contributed by atoms with van der Waals surface area (Å²) in [6.07, 6.45) is 2.78. The topological polar surface area (TPSA) is 42.1 Å². The van der Waals surface area contributed by atoms with Crippen LogP contribution in [0.25, 0.3) is 0 Å². The predicted molar refractivity (Wildman–Crippen MR) is 84.5 cm³/mol. The van der Waals surface area contributed by atoms with E-state index in [0.29, 0.717) is 16.6 Å². The van der Waals surface area contributed by atoms with Gasteiger partial charge in [-0.05, 0) is 17.2 Å². The summed E-state index contributed by atoms with van der Waals surface area (Å²) in [6, 6.07) is 4.12. The quantitative estimate of drug-likeness (QED) is 0.934. The van der Waals surface area contributed by atoms with E-state index in [1.165, 1.54) is 5.56 Å². The Morgan fingerprint density at radius 3 is 2.95 bits per heavy atom. The highest BCUT2D eigenvalue weighted by Crippen LogP contribution is 2.40. The summed E-state index contributed by atoms with van der Waals surface area (Å²) in [4.78, 5) is 6.68. The lowest BCUT2D eigenvalue weighted by Crippen LogP contribution is -2.29. The zero-order valence-electron chi connectivity index (χ0n) is 10.9. The van der Waals surface area contributed by atoms with Crippen LogP contribution in [0.15, 0.2) is 23.7 Å². The van der Waals surface area contributed by atoms with E-state index < -0.39 is 0 Å². The maximum atomic E-state index is 6.32. The molecule has 106 valence electrons. The van der Waals surface area contributed by atoms with Gasteiger partial charge in [-0.1, -0.05) is 29.3 Å². The van der Waals surface area contributed by atoms with Gasteiger partial charge < -0.3 is 5.73 Å². The molecule has 3 rings (SSSR count). The van der Waals surface area contributed by atoms with Crippen LogP contribution in [0.4, 0.5) is 0 Å². The molecule has 1 aromatic heterocycles. The van der Waals surface area contributed by atoms with Crippen molar-refractivity contribution >= 4 is 34.5 Å². The van der Waals surface area contributed by atoms with Crippen molar-refractivity contribution in [3.63, 3.8) is 0 Å². The third-order valence-corrected chi connectivity index (χ3v) is 5.40. The van der Waals surface area contributed by atoms with Gasteiger partial charge in [0, 0.05) is 43.7 Å². The molecule has 2 heterocycles. The molecule has 1 aromatic carbocycles. The summed E-state index contributed by atoms with van der Waals surface area (Å²) in [6.45, 7) is 2.32. The highest BCUT2D eigenvalue weighted by Gasteiger charge is 2.31. The zero-order valence-corrected chi connectivity index (χ0v) is 13.2. The smallest absolute Gasteiger partial charge is 0.0937 e. The molecular weight excluding hydrogens is 313 g/mol. The van der Waals surface area contributed by atoms with Crippen LogP contribution in [0, 0.1) is 0 Å². The van der Waals surface area contributed by atoms with Crippen LogP contribution in [-0.4, -0.2) is 23.0 Å². The number of hydrogen-bond donors (Lipinski definition) is 1. The van der Waals surface area contributed by atoms with Crippen LogP contribution in [0.1, 0.15) is 22.2 Å². The van der Waals surface area contributed by atoms with Crippen molar-refractivity contribution in [2.45, 2.75) is 19.0 Å². The number of halogens is 2. The van der Waals surface area contributed by atoms with Crippen molar-refractivity contribution in [2.24, 2.45) is 5.73 Å². The third kappa shape index (κ3) is 2.59. The first kappa shape index (κ1) is 14.3. The number of nitrogens with zero attached hydrogens (tertiary/aromatic N) is 2. The minimum atomic E-state index is 0.222. The van der Waals surface area contributed by atoms with Gasteiger partial charge >= 0.3 is 0 Å². The Morgan fingerprint density at radius 1 is 1.40 bits per heavy atom. The van der Waals surface area contributed by atoms with Crippen LogP contribution in [0.5, 0.6) is 0 Å². The first-order valence-electron chi connectivity index (χ1n) is 6.50. The standard InChI is InChI=1S/C14H15Cl2N3S/c15-11-2-1-9-10(14(11)16)8-19(12(9)7-17)5-3-13-18-4-6-20-13/h1-2,4,6,12H,3,5,7-8,17H2. The van der Waals surface area contributed by atoms with Crippen LogP contribution < -0.4 is 5.73 Å². The first-order valence-corrected chi connectivity index (χ1v) is 8.13. The van der Waals surface area contributed by atoms with E-state index in [2.05, 4.69) is 9.88 Å². The Kier molecular flexibility index (Phi) is 4.29. The van der Waals surface area contributed by atoms with Crippen molar-refractivity contribution in [1.29, 1.82) is 0 Å². The van der Waals surface area contributed by atoms with Crippen molar-refractivity contribution in [1.82, 2.24) is 9.88 Å². The van der Waals surface area contributed by atoms with Gasteiger partial charge in [0.15, 0.2) is 0 Å². The second-order valence-electron chi connectivity index (χ2n) is 4.83. The van der Waals surface area contributed by atoms with Crippen LogP contribution in [0.3, 0.4) is 0 Å². The molecule has 3 nitrogen and oxygen atoms in total. The van der Waals surface area contributed by atoms with Crippen molar-refractivity contribution in [3.05, 3.63) is 49.9 Å². The number of rotatable bonds is 4. The lowest BCUT2D eigenvalue weighted by Gasteiger charge is -2.23. The van der Waals surface area contributed by atoms with E-state index in [0.717, 1.165) is 30.1 Å². The lowest BCUT2D eigenvalue weighted by atomic mass is 10.1. The molecule has 1 atom stereocenters. The molecule has 1 unspecified atom stereocenters. The van der Waals surface area contributed by atoms with Crippen LogP contribution in [-0.2, 0) is 13.0 Å². The minimum absolute atomic E-state index is 0.222. The fourth-order valence-electron chi connectivity index (χ4n) is 2.72. The molecule has 0 spiro atoms. The second kappa shape index (κ2) is 6.00. The average molecular weight is 328 g/mol. The van der Waals surface area contributed by atoms with Gasteiger partial charge in [0.25, 0.3) is 0 Å². The van der Waals surface area contributed by atoms with Crippen LogP contribution >= 0.6 is 34.5 Å². The summed E-state index contributed by atoms with van der Waals surface area (Å²) < 4.78 is 0. The van der Waals surface area contributed by atoms with E-state index in [9.17, 15) is 0 Å². The second-order valence-corrected chi connectivity index (χ2v) is 6.59. The molecule has 1 aliphatic rings. The van der Waals surface area contributed by atoms with E-state index in [1.807, 2.05) is 23.7 Å².